The molecule has 12 heavy (non-hydrogen) atoms. The third kappa shape index (κ3) is 30.8. The molecule has 0 bridgehead atoms. The summed E-state index contributed by atoms with van der Waals surface area (Å²) in [5, 5.41) is 15.6. The van der Waals surface area contributed by atoms with Gasteiger partial charge >= 0.3 is 29.6 Å². The van der Waals surface area contributed by atoms with Gasteiger partial charge in [0.05, 0.1) is 10.1 Å². The number of rotatable bonds is 2. The second-order valence-electron chi connectivity index (χ2n) is 1.53. The van der Waals surface area contributed by atoms with E-state index < -0.39 is 10.1 Å². The molecule has 0 fully saturated rings. The van der Waals surface area contributed by atoms with Gasteiger partial charge in [-0.2, -0.15) is 0 Å². The zero-order valence-corrected chi connectivity index (χ0v) is 10.2. The van der Waals surface area contributed by atoms with Crippen molar-refractivity contribution in [1.82, 2.24) is 5.23 Å². The van der Waals surface area contributed by atoms with Gasteiger partial charge in [0.1, 0.15) is 0 Å². The van der Waals surface area contributed by atoms with E-state index in [1.54, 1.807) is 6.92 Å². The molecule has 0 aromatic carbocycles. The molecule has 6 nitrogen and oxygen atoms in total. The summed E-state index contributed by atoms with van der Waals surface area (Å²) in [5.41, 5.74) is 0. The molecule has 0 aliphatic rings. The van der Waals surface area contributed by atoms with E-state index in [4.69, 9.17) is 10.4 Å². The van der Waals surface area contributed by atoms with E-state index in [0.717, 1.165) is 0 Å². The molecule has 2 N–H and O–H groups in total. The minimum Gasteiger partial charge on any atom is -0.748 e. The third-order valence-electron chi connectivity index (χ3n) is 0.636. The van der Waals surface area contributed by atoms with E-state index in [2.05, 4.69) is 0 Å². The van der Waals surface area contributed by atoms with Gasteiger partial charge in [-0.15, -0.1) is 0 Å². The van der Waals surface area contributed by atoms with Crippen molar-refractivity contribution in [2.45, 2.75) is 13.8 Å². The van der Waals surface area contributed by atoms with Crippen LogP contribution in [0.1, 0.15) is 13.8 Å². The van der Waals surface area contributed by atoms with Gasteiger partial charge in [0.25, 0.3) is 0 Å². The molecule has 0 atom stereocenters. The molecule has 0 heterocycles. The van der Waals surface area contributed by atoms with Crippen LogP contribution >= 0.6 is 0 Å². The van der Waals surface area contributed by atoms with E-state index in [9.17, 15) is 13.0 Å². The predicted molar refractivity (Wildman–Crippen MR) is 36.2 cm³/mol. The summed E-state index contributed by atoms with van der Waals surface area (Å²) in [6, 6.07) is 0. The summed E-state index contributed by atoms with van der Waals surface area (Å²) in [7, 11) is -3.91. The second kappa shape index (κ2) is 9.87. The Hall–Kier alpha value is 0.790. The molecular formula is C4H12NNaO5S. The van der Waals surface area contributed by atoms with Gasteiger partial charge in [-0.05, 0) is 6.92 Å². The molecule has 0 aromatic heterocycles. The normalized spacial score (nSPS) is 9.83. The fraction of sp³-hybridized carbons (Fsp3) is 1.00. The molecule has 0 radical (unpaired) electrons. The fourth-order valence-corrected chi connectivity index (χ4v) is 0. The van der Waals surface area contributed by atoms with Crippen LogP contribution in [0.2, 0.25) is 0 Å². The maximum atomic E-state index is 9.44. The molecule has 0 aromatic rings. The summed E-state index contributed by atoms with van der Waals surface area (Å²) < 4.78 is 28.3. The predicted octanol–water partition coefficient (Wildman–Crippen LogP) is -3.36. The summed E-state index contributed by atoms with van der Waals surface area (Å²) in [5.74, 6) is -0.312. The standard InChI is InChI=1S/C2H7NO2.C2H6O3S.Na/c1-2-3(4)5;1-2-6(3,4)5;/h4-5H,2H2,1H3;2H2,1H3,(H,3,4,5);/q;;+1/p-1. The van der Waals surface area contributed by atoms with Crippen molar-refractivity contribution in [3.63, 3.8) is 0 Å². The molecule has 0 spiro atoms. The van der Waals surface area contributed by atoms with Crippen LogP contribution in [0, 0.1) is 0 Å². The van der Waals surface area contributed by atoms with Crippen LogP contribution in [0.4, 0.5) is 0 Å². The Bertz CT molecular complexity index is 168. The summed E-state index contributed by atoms with van der Waals surface area (Å²) >= 11 is 0. The monoisotopic (exact) mass is 209 g/mol. The zero-order valence-electron chi connectivity index (χ0n) is 7.39. The molecule has 0 amide bonds. The molecule has 0 saturated carbocycles. The van der Waals surface area contributed by atoms with E-state index >= 15 is 0 Å². The van der Waals surface area contributed by atoms with Crippen LogP contribution in [-0.2, 0) is 10.1 Å². The molecule has 70 valence electrons. The average Bonchev–Trinajstić information content (AvgIpc) is 1.88. The third-order valence-corrected chi connectivity index (χ3v) is 1.34. The Morgan fingerprint density at radius 3 is 1.50 bits per heavy atom. The van der Waals surface area contributed by atoms with Gasteiger partial charge in [0, 0.05) is 12.3 Å². The fourth-order valence-electron chi connectivity index (χ4n) is 0. The Balaban J connectivity index is -0.000000126. The Labute approximate surface area is 94.1 Å². The smallest absolute Gasteiger partial charge is 0.748 e. The van der Waals surface area contributed by atoms with E-state index in [0.29, 0.717) is 0 Å². The SMILES string of the molecule is CCN(O)O.CCS(=O)(=O)[O-].[Na+]. The van der Waals surface area contributed by atoms with Crippen LogP contribution in [0.15, 0.2) is 0 Å². The quantitative estimate of drug-likeness (QED) is 0.280. The number of hydrogen-bond donors (Lipinski definition) is 2. The van der Waals surface area contributed by atoms with E-state index in [1.165, 1.54) is 6.92 Å². The van der Waals surface area contributed by atoms with Gasteiger partial charge in [-0.1, -0.05) is 12.2 Å². The molecule has 0 aliphatic carbocycles. The van der Waals surface area contributed by atoms with Gasteiger partial charge in [0.2, 0.25) is 0 Å². The number of nitrogens with zero attached hydrogens (tertiary/aromatic N) is 1. The van der Waals surface area contributed by atoms with Crippen molar-refractivity contribution in [2.75, 3.05) is 12.3 Å². The first-order chi connectivity index (χ1) is 4.83. The minimum absolute atomic E-state index is 0. The summed E-state index contributed by atoms with van der Waals surface area (Å²) in [6.45, 7) is 3.18. The Morgan fingerprint density at radius 2 is 1.50 bits per heavy atom. The van der Waals surface area contributed by atoms with E-state index in [1.807, 2.05) is 0 Å². The Morgan fingerprint density at radius 1 is 1.33 bits per heavy atom. The molecule has 8 heteroatoms. The van der Waals surface area contributed by atoms with Gasteiger partial charge in [-0.3, -0.25) is 10.4 Å². The van der Waals surface area contributed by atoms with Crippen molar-refractivity contribution in [3.8, 4) is 0 Å². The molecular weight excluding hydrogens is 197 g/mol. The van der Waals surface area contributed by atoms with Crippen molar-refractivity contribution in [3.05, 3.63) is 0 Å². The topological polar surface area (TPSA) is 101 Å². The zero-order chi connectivity index (χ0) is 9.49. The molecule has 0 rings (SSSR count). The molecule has 0 unspecified atom stereocenters. The molecule has 0 aliphatic heterocycles. The van der Waals surface area contributed by atoms with Crippen molar-refractivity contribution in [2.24, 2.45) is 0 Å². The van der Waals surface area contributed by atoms with E-state index in [-0.39, 0.29) is 47.1 Å². The molecule has 0 saturated heterocycles. The first-order valence-electron chi connectivity index (χ1n) is 2.92. The minimum atomic E-state index is -3.91. The van der Waals surface area contributed by atoms with Crippen molar-refractivity contribution < 1.29 is 52.9 Å². The maximum Gasteiger partial charge on any atom is 1.00 e. The largest absolute Gasteiger partial charge is 1.00 e. The van der Waals surface area contributed by atoms with Gasteiger partial charge in [0.15, 0.2) is 0 Å². The first kappa shape index (κ1) is 18.5. The van der Waals surface area contributed by atoms with Gasteiger partial charge < -0.3 is 4.55 Å². The van der Waals surface area contributed by atoms with Crippen molar-refractivity contribution >= 4 is 10.1 Å². The number of hydrogen-bond acceptors (Lipinski definition) is 6. The van der Waals surface area contributed by atoms with Crippen molar-refractivity contribution in [1.29, 1.82) is 0 Å². The first-order valence-corrected chi connectivity index (χ1v) is 4.50. The van der Waals surface area contributed by atoms with Crippen LogP contribution in [0.5, 0.6) is 0 Å². The van der Waals surface area contributed by atoms with Gasteiger partial charge in [-0.25, -0.2) is 8.42 Å². The second-order valence-corrected chi connectivity index (χ2v) is 3.23. The average molecular weight is 209 g/mol. The summed E-state index contributed by atoms with van der Waals surface area (Å²) in [4.78, 5) is 0. The number of hydroxylamine groups is 2. The summed E-state index contributed by atoms with van der Waals surface area (Å²) in [6.07, 6.45) is 0. The maximum absolute atomic E-state index is 9.44. The Kier molecular flexibility index (Phi) is 15.3. The van der Waals surface area contributed by atoms with Crippen LogP contribution in [0.25, 0.3) is 0 Å². The van der Waals surface area contributed by atoms with Crippen LogP contribution in [0.3, 0.4) is 0 Å². The van der Waals surface area contributed by atoms with Crippen LogP contribution in [-0.4, -0.2) is 40.9 Å². The van der Waals surface area contributed by atoms with Crippen LogP contribution < -0.4 is 29.6 Å².